The van der Waals surface area contributed by atoms with Crippen molar-refractivity contribution < 1.29 is 28.2 Å². The van der Waals surface area contributed by atoms with Crippen LogP contribution in [0.3, 0.4) is 0 Å². The Balaban J connectivity index is 3.07. The first-order valence-electron chi connectivity index (χ1n) is 10.2. The highest BCUT2D eigenvalue weighted by Crippen LogP contribution is 2.27. The van der Waals surface area contributed by atoms with E-state index in [1.165, 1.54) is 37.4 Å². The summed E-state index contributed by atoms with van der Waals surface area (Å²) in [5, 5.41) is 33.4. The van der Waals surface area contributed by atoms with E-state index in [1.807, 2.05) is 0 Å². The first kappa shape index (κ1) is 28.1. The van der Waals surface area contributed by atoms with Crippen LogP contribution < -0.4 is 10.6 Å². The van der Waals surface area contributed by atoms with Crippen molar-refractivity contribution in [3.8, 4) is 0 Å². The molecule has 0 aliphatic heterocycles. The highest BCUT2D eigenvalue weighted by atomic mass is 19.4. The number of carbonyl (C=O) groups excluding carboxylic acids is 1. The maximum Gasteiger partial charge on any atom is 0.433 e. The summed E-state index contributed by atoms with van der Waals surface area (Å²) in [7, 11) is 0. The van der Waals surface area contributed by atoms with Gasteiger partial charge in [0.15, 0.2) is 0 Å². The normalized spacial score (nSPS) is 13.9. The molecule has 10 heteroatoms. The molecule has 1 aromatic heterocycles. The number of carbonyl (C=O) groups is 1. The Morgan fingerprint density at radius 1 is 1.18 bits per heavy atom. The molecule has 0 saturated heterocycles. The smallest absolute Gasteiger partial charge is 0.390 e. The van der Waals surface area contributed by atoms with Crippen LogP contribution in [0.1, 0.15) is 57.2 Å². The standard InChI is InChI=1S/C23H31F3N4O3/c1-15(29-20(31)18-7-6-8-19(30-18)23(24,25)26)13-16(14-28-12-11-22(4,5)33)17(27)9-10-21(2,3)32/h6-10,13-14,27-28,32-33H,11-12H2,1-5H3,(H,29,31)/b10-9+,15-13+,16-14-,27-17?. The molecule has 182 valence electrons. The molecular formula is C23H31F3N4O3. The summed E-state index contributed by atoms with van der Waals surface area (Å²) in [4.78, 5) is 15.7. The van der Waals surface area contributed by atoms with Crippen LogP contribution in [0.4, 0.5) is 13.2 Å². The van der Waals surface area contributed by atoms with E-state index in [0.717, 1.165) is 12.1 Å². The van der Waals surface area contributed by atoms with Crippen LogP contribution in [0.25, 0.3) is 0 Å². The van der Waals surface area contributed by atoms with Crippen LogP contribution in [-0.4, -0.2) is 44.6 Å². The summed E-state index contributed by atoms with van der Waals surface area (Å²) >= 11 is 0. The molecule has 7 nitrogen and oxygen atoms in total. The Kier molecular flexibility index (Phi) is 9.56. The molecule has 0 spiro atoms. The third kappa shape index (κ3) is 11.4. The number of hydrogen-bond donors (Lipinski definition) is 5. The minimum atomic E-state index is -4.67. The van der Waals surface area contributed by atoms with E-state index in [0.29, 0.717) is 18.5 Å². The Morgan fingerprint density at radius 2 is 1.82 bits per heavy atom. The Morgan fingerprint density at radius 3 is 2.36 bits per heavy atom. The molecule has 1 aromatic rings. The van der Waals surface area contributed by atoms with Gasteiger partial charge in [0.05, 0.1) is 16.9 Å². The number of pyridine rings is 1. The quantitative estimate of drug-likeness (QED) is 0.204. The van der Waals surface area contributed by atoms with Crippen molar-refractivity contribution in [2.75, 3.05) is 6.54 Å². The van der Waals surface area contributed by atoms with E-state index >= 15 is 0 Å². The second-order valence-electron chi connectivity index (χ2n) is 8.70. The number of rotatable bonds is 10. The molecule has 0 aliphatic rings. The molecule has 0 unspecified atom stereocenters. The number of hydrogen-bond acceptors (Lipinski definition) is 6. The van der Waals surface area contributed by atoms with Gasteiger partial charge in [-0.25, -0.2) is 4.98 Å². The number of nitrogens with one attached hydrogen (secondary N) is 3. The van der Waals surface area contributed by atoms with Crippen LogP contribution in [0, 0.1) is 5.41 Å². The van der Waals surface area contributed by atoms with Crippen molar-refractivity contribution in [1.29, 1.82) is 5.41 Å². The number of amides is 1. The van der Waals surface area contributed by atoms with Gasteiger partial charge in [-0.3, -0.25) is 4.79 Å². The van der Waals surface area contributed by atoms with E-state index in [9.17, 15) is 28.2 Å². The average molecular weight is 469 g/mol. The summed E-state index contributed by atoms with van der Waals surface area (Å²) in [6.07, 6.45) is 1.55. The van der Waals surface area contributed by atoms with Crippen LogP contribution in [0.15, 0.2) is 53.9 Å². The number of halogens is 3. The Bertz CT molecular complexity index is 937. The summed E-state index contributed by atoms with van der Waals surface area (Å²) < 4.78 is 38.5. The molecule has 1 rings (SSSR count). The summed E-state index contributed by atoms with van der Waals surface area (Å²) in [6.45, 7) is 8.34. The second-order valence-corrected chi connectivity index (χ2v) is 8.70. The van der Waals surface area contributed by atoms with E-state index in [2.05, 4.69) is 15.6 Å². The number of nitrogens with zero attached hydrogens (tertiary/aromatic N) is 1. The third-order valence-corrected chi connectivity index (χ3v) is 4.06. The van der Waals surface area contributed by atoms with Gasteiger partial charge in [-0.2, -0.15) is 13.2 Å². The van der Waals surface area contributed by atoms with Crippen molar-refractivity contribution in [3.63, 3.8) is 0 Å². The van der Waals surface area contributed by atoms with Crippen molar-refractivity contribution in [1.82, 2.24) is 15.6 Å². The zero-order chi connectivity index (χ0) is 25.4. The molecule has 0 radical (unpaired) electrons. The van der Waals surface area contributed by atoms with Gasteiger partial charge >= 0.3 is 6.18 Å². The fourth-order valence-corrected chi connectivity index (χ4v) is 2.37. The topological polar surface area (TPSA) is 118 Å². The first-order valence-corrected chi connectivity index (χ1v) is 10.2. The van der Waals surface area contributed by atoms with Gasteiger partial charge in [-0.05, 0) is 65.3 Å². The fourth-order valence-electron chi connectivity index (χ4n) is 2.37. The monoisotopic (exact) mass is 468 g/mol. The number of aromatic nitrogens is 1. The predicted molar refractivity (Wildman–Crippen MR) is 121 cm³/mol. The van der Waals surface area contributed by atoms with Gasteiger partial charge in [-0.1, -0.05) is 12.1 Å². The minimum Gasteiger partial charge on any atom is -0.390 e. The molecule has 1 amide bonds. The number of alkyl halides is 3. The van der Waals surface area contributed by atoms with Gasteiger partial charge in [0.2, 0.25) is 0 Å². The van der Waals surface area contributed by atoms with Crippen LogP contribution >= 0.6 is 0 Å². The lowest BCUT2D eigenvalue weighted by Gasteiger charge is -2.16. The molecule has 0 aromatic carbocycles. The molecular weight excluding hydrogens is 437 g/mol. The molecule has 33 heavy (non-hydrogen) atoms. The van der Waals surface area contributed by atoms with Gasteiger partial charge in [0.25, 0.3) is 5.91 Å². The lowest BCUT2D eigenvalue weighted by molar-refractivity contribution is -0.141. The van der Waals surface area contributed by atoms with E-state index in [4.69, 9.17) is 5.41 Å². The van der Waals surface area contributed by atoms with Crippen molar-refractivity contribution in [2.24, 2.45) is 0 Å². The van der Waals surface area contributed by atoms with Gasteiger partial charge in [-0.15, -0.1) is 0 Å². The summed E-state index contributed by atoms with van der Waals surface area (Å²) in [5.74, 6) is -0.831. The predicted octanol–water partition coefficient (Wildman–Crippen LogP) is 3.72. The maximum atomic E-state index is 12.8. The zero-order valence-electron chi connectivity index (χ0n) is 19.3. The van der Waals surface area contributed by atoms with Gasteiger partial charge < -0.3 is 26.3 Å². The highest BCUT2D eigenvalue weighted by molar-refractivity contribution is 6.08. The largest absolute Gasteiger partial charge is 0.433 e. The van der Waals surface area contributed by atoms with Gasteiger partial charge in [0, 0.05) is 24.0 Å². The molecule has 0 atom stereocenters. The molecule has 1 heterocycles. The SMILES string of the molecule is C/C(=C\C(=C\NCCC(C)(C)O)C(=N)/C=C/C(C)(C)O)NC(=O)c1cccc(C(F)(F)F)n1. The van der Waals surface area contributed by atoms with Crippen molar-refractivity contribution in [2.45, 2.75) is 58.4 Å². The minimum absolute atomic E-state index is 0.0127. The molecule has 0 fully saturated rings. The average Bonchev–Trinajstić information content (AvgIpc) is 2.66. The zero-order valence-corrected chi connectivity index (χ0v) is 19.3. The second kappa shape index (κ2) is 11.2. The molecule has 0 aliphatic carbocycles. The fraction of sp³-hybridized carbons (Fsp3) is 0.435. The van der Waals surface area contributed by atoms with Crippen LogP contribution in [0.2, 0.25) is 0 Å². The van der Waals surface area contributed by atoms with Gasteiger partial charge in [0.1, 0.15) is 11.4 Å². The number of allylic oxidation sites excluding steroid dienone is 4. The van der Waals surface area contributed by atoms with Crippen LogP contribution in [-0.2, 0) is 6.18 Å². The van der Waals surface area contributed by atoms with Crippen molar-refractivity contribution >= 4 is 11.6 Å². The summed E-state index contributed by atoms with van der Waals surface area (Å²) in [5.41, 5.74) is -2.99. The Labute approximate surface area is 191 Å². The molecule has 5 N–H and O–H groups in total. The molecule has 0 bridgehead atoms. The summed E-state index contributed by atoms with van der Waals surface area (Å²) in [6, 6.07) is 3.04. The van der Waals surface area contributed by atoms with Crippen LogP contribution in [0.5, 0.6) is 0 Å². The van der Waals surface area contributed by atoms with E-state index in [-0.39, 0.29) is 11.4 Å². The van der Waals surface area contributed by atoms with E-state index < -0.39 is 34.7 Å². The number of aliphatic hydroxyl groups is 2. The van der Waals surface area contributed by atoms with E-state index in [1.54, 1.807) is 27.7 Å². The highest BCUT2D eigenvalue weighted by Gasteiger charge is 2.32. The third-order valence-electron chi connectivity index (χ3n) is 4.06. The van der Waals surface area contributed by atoms with Crippen molar-refractivity contribution in [3.05, 3.63) is 65.3 Å². The lowest BCUT2D eigenvalue weighted by atomic mass is 10.0. The maximum absolute atomic E-state index is 12.8. The first-order chi connectivity index (χ1) is 15.0. The molecule has 0 saturated carbocycles. The Hall–Kier alpha value is -2.98. The lowest BCUT2D eigenvalue weighted by Crippen LogP contribution is -2.25.